The summed E-state index contributed by atoms with van der Waals surface area (Å²) in [6, 6.07) is 0. The highest BCUT2D eigenvalue weighted by Crippen LogP contribution is 2.26. The van der Waals surface area contributed by atoms with Crippen LogP contribution >= 0.6 is 11.8 Å². The molecule has 0 unspecified atom stereocenters. The Labute approximate surface area is 78.7 Å². The fourth-order valence-corrected chi connectivity index (χ4v) is 1.98. The molecule has 12 heavy (non-hydrogen) atoms. The molecular weight excluding hydrogens is 172 g/mol. The maximum absolute atomic E-state index is 10.4. The Kier molecular flexibility index (Phi) is 5.38. The lowest BCUT2D eigenvalue weighted by Gasteiger charge is -2.21. The van der Waals surface area contributed by atoms with Gasteiger partial charge in [0.05, 0.1) is 6.42 Å². The zero-order valence-electron chi connectivity index (χ0n) is 8.09. The van der Waals surface area contributed by atoms with Crippen molar-refractivity contribution < 1.29 is 9.90 Å². The highest BCUT2D eigenvalue weighted by molar-refractivity contribution is 7.99. The third-order valence-electron chi connectivity index (χ3n) is 1.76. The standard InChI is InChI=1S/C9H18O2S/c1-4-12-6-5-9(2,3)7-8(10)11/h4-7H2,1-3H3,(H,10,11). The second kappa shape index (κ2) is 5.46. The average Bonchev–Trinajstić information content (AvgIpc) is 1.84. The molecule has 0 spiro atoms. The molecule has 0 bridgehead atoms. The summed E-state index contributed by atoms with van der Waals surface area (Å²) < 4.78 is 0. The maximum Gasteiger partial charge on any atom is 0.303 e. The topological polar surface area (TPSA) is 37.3 Å². The molecule has 0 rings (SSSR count). The van der Waals surface area contributed by atoms with Gasteiger partial charge in [-0.25, -0.2) is 0 Å². The molecule has 0 atom stereocenters. The lowest BCUT2D eigenvalue weighted by molar-refractivity contribution is -0.139. The monoisotopic (exact) mass is 190 g/mol. The zero-order chi connectivity index (χ0) is 9.61. The van der Waals surface area contributed by atoms with Crippen LogP contribution in [0.5, 0.6) is 0 Å². The minimum absolute atomic E-state index is 0.0476. The van der Waals surface area contributed by atoms with Crippen LogP contribution in [0, 0.1) is 5.41 Å². The summed E-state index contributed by atoms with van der Waals surface area (Å²) >= 11 is 1.87. The van der Waals surface area contributed by atoms with Gasteiger partial charge in [0, 0.05) is 0 Å². The quantitative estimate of drug-likeness (QED) is 0.654. The van der Waals surface area contributed by atoms with Crippen LogP contribution in [0.4, 0.5) is 0 Å². The van der Waals surface area contributed by atoms with E-state index in [9.17, 15) is 4.79 Å². The van der Waals surface area contributed by atoms with Gasteiger partial charge in [0.1, 0.15) is 0 Å². The summed E-state index contributed by atoms with van der Waals surface area (Å²) in [7, 11) is 0. The van der Waals surface area contributed by atoms with Crippen LogP contribution in [-0.2, 0) is 4.79 Å². The first-order valence-electron chi connectivity index (χ1n) is 4.27. The highest BCUT2D eigenvalue weighted by Gasteiger charge is 2.20. The number of aliphatic carboxylic acids is 1. The van der Waals surface area contributed by atoms with Crippen molar-refractivity contribution in [2.75, 3.05) is 11.5 Å². The summed E-state index contributed by atoms with van der Waals surface area (Å²) in [6.07, 6.45) is 1.26. The Morgan fingerprint density at radius 3 is 2.50 bits per heavy atom. The lowest BCUT2D eigenvalue weighted by atomic mass is 9.87. The number of carboxylic acids is 1. The van der Waals surface area contributed by atoms with Gasteiger partial charge in [0.15, 0.2) is 0 Å². The van der Waals surface area contributed by atoms with E-state index in [0.717, 1.165) is 17.9 Å². The van der Waals surface area contributed by atoms with E-state index in [0.29, 0.717) is 0 Å². The van der Waals surface area contributed by atoms with Crippen molar-refractivity contribution in [1.29, 1.82) is 0 Å². The number of carbonyl (C=O) groups is 1. The van der Waals surface area contributed by atoms with E-state index >= 15 is 0 Å². The van der Waals surface area contributed by atoms with Crippen molar-refractivity contribution in [2.24, 2.45) is 5.41 Å². The summed E-state index contributed by atoms with van der Waals surface area (Å²) in [5, 5.41) is 8.60. The number of hydrogen-bond acceptors (Lipinski definition) is 2. The van der Waals surface area contributed by atoms with E-state index in [1.807, 2.05) is 25.6 Å². The number of thioether (sulfide) groups is 1. The smallest absolute Gasteiger partial charge is 0.303 e. The Morgan fingerprint density at radius 2 is 2.08 bits per heavy atom. The molecular formula is C9H18O2S. The van der Waals surface area contributed by atoms with Gasteiger partial charge in [0.25, 0.3) is 0 Å². The molecule has 1 N–H and O–H groups in total. The number of rotatable bonds is 6. The van der Waals surface area contributed by atoms with Crippen LogP contribution in [0.3, 0.4) is 0 Å². The van der Waals surface area contributed by atoms with Gasteiger partial charge in [-0.15, -0.1) is 0 Å². The molecule has 2 nitrogen and oxygen atoms in total. The van der Waals surface area contributed by atoms with Crippen LogP contribution < -0.4 is 0 Å². The molecule has 0 saturated heterocycles. The van der Waals surface area contributed by atoms with Crippen molar-refractivity contribution in [3.63, 3.8) is 0 Å². The Hall–Kier alpha value is -0.180. The van der Waals surface area contributed by atoms with Crippen molar-refractivity contribution >= 4 is 17.7 Å². The molecule has 72 valence electrons. The molecule has 0 saturated carbocycles. The molecule has 0 amide bonds. The maximum atomic E-state index is 10.4. The van der Waals surface area contributed by atoms with Crippen LogP contribution in [-0.4, -0.2) is 22.6 Å². The number of hydrogen-bond donors (Lipinski definition) is 1. The summed E-state index contributed by atoms with van der Waals surface area (Å²) in [5.41, 5.74) is -0.0476. The van der Waals surface area contributed by atoms with E-state index < -0.39 is 5.97 Å². The molecule has 0 radical (unpaired) electrons. The summed E-state index contributed by atoms with van der Waals surface area (Å²) in [5.74, 6) is 1.49. The molecule has 3 heteroatoms. The molecule has 0 aromatic carbocycles. The van der Waals surface area contributed by atoms with E-state index in [2.05, 4.69) is 6.92 Å². The van der Waals surface area contributed by atoms with Gasteiger partial charge in [-0.3, -0.25) is 4.79 Å². The van der Waals surface area contributed by atoms with Gasteiger partial charge in [-0.2, -0.15) is 11.8 Å². The Balaban J connectivity index is 3.63. The summed E-state index contributed by atoms with van der Waals surface area (Å²) in [6.45, 7) is 6.14. The van der Waals surface area contributed by atoms with Gasteiger partial charge in [0.2, 0.25) is 0 Å². The fraction of sp³-hybridized carbons (Fsp3) is 0.889. The van der Waals surface area contributed by atoms with Crippen molar-refractivity contribution in [2.45, 2.75) is 33.6 Å². The first-order chi connectivity index (χ1) is 5.48. The lowest BCUT2D eigenvalue weighted by Crippen LogP contribution is -2.17. The predicted molar refractivity (Wildman–Crippen MR) is 53.6 cm³/mol. The molecule has 0 aromatic rings. The molecule has 0 aliphatic heterocycles. The first-order valence-corrected chi connectivity index (χ1v) is 5.43. The van der Waals surface area contributed by atoms with Gasteiger partial charge in [-0.1, -0.05) is 20.8 Å². The van der Waals surface area contributed by atoms with E-state index in [4.69, 9.17) is 5.11 Å². The zero-order valence-corrected chi connectivity index (χ0v) is 8.91. The van der Waals surface area contributed by atoms with Gasteiger partial charge >= 0.3 is 5.97 Å². The SMILES string of the molecule is CCSCCC(C)(C)CC(=O)O. The molecule has 0 aliphatic rings. The molecule has 0 fully saturated rings. The van der Waals surface area contributed by atoms with Gasteiger partial charge in [-0.05, 0) is 23.3 Å². The second-order valence-electron chi connectivity index (χ2n) is 3.68. The third-order valence-corrected chi connectivity index (χ3v) is 2.66. The van der Waals surface area contributed by atoms with Crippen LogP contribution in [0.1, 0.15) is 33.6 Å². The Bertz CT molecular complexity index is 143. The van der Waals surface area contributed by atoms with Crippen LogP contribution in [0.25, 0.3) is 0 Å². The molecule has 0 aliphatic carbocycles. The first kappa shape index (κ1) is 11.8. The van der Waals surface area contributed by atoms with E-state index in [-0.39, 0.29) is 11.8 Å². The Morgan fingerprint density at radius 1 is 1.50 bits per heavy atom. The molecule has 0 heterocycles. The van der Waals surface area contributed by atoms with Crippen molar-refractivity contribution in [3.8, 4) is 0 Å². The van der Waals surface area contributed by atoms with E-state index in [1.165, 1.54) is 0 Å². The number of carboxylic acid groups (broad SMARTS) is 1. The van der Waals surface area contributed by atoms with Crippen molar-refractivity contribution in [1.82, 2.24) is 0 Å². The van der Waals surface area contributed by atoms with Crippen LogP contribution in [0.15, 0.2) is 0 Å². The minimum atomic E-state index is -0.693. The minimum Gasteiger partial charge on any atom is -0.481 e. The largest absolute Gasteiger partial charge is 0.481 e. The van der Waals surface area contributed by atoms with E-state index in [1.54, 1.807) is 0 Å². The van der Waals surface area contributed by atoms with Gasteiger partial charge < -0.3 is 5.11 Å². The average molecular weight is 190 g/mol. The van der Waals surface area contributed by atoms with Crippen LogP contribution in [0.2, 0.25) is 0 Å². The fourth-order valence-electron chi connectivity index (χ4n) is 0.991. The van der Waals surface area contributed by atoms with Crippen molar-refractivity contribution in [3.05, 3.63) is 0 Å². The third kappa shape index (κ3) is 6.53. The normalized spacial score (nSPS) is 11.6. The summed E-state index contributed by atoms with van der Waals surface area (Å²) in [4.78, 5) is 10.4. The predicted octanol–water partition coefficient (Wildman–Crippen LogP) is 2.63. The second-order valence-corrected chi connectivity index (χ2v) is 5.08. The highest BCUT2D eigenvalue weighted by atomic mass is 32.2. The molecule has 0 aromatic heterocycles.